The third-order valence-electron chi connectivity index (χ3n) is 2.53. The fraction of sp³-hybridized carbons (Fsp3) is 0.385. The molecule has 0 aliphatic carbocycles. The molecule has 0 aromatic heterocycles. The van der Waals surface area contributed by atoms with Crippen LogP contribution in [-0.2, 0) is 16.0 Å². The second-order valence-electron chi connectivity index (χ2n) is 3.85. The molecule has 1 rings (SSSR count). The Morgan fingerprint density at radius 2 is 1.94 bits per heavy atom. The van der Waals surface area contributed by atoms with E-state index in [0.717, 1.165) is 5.56 Å². The molecule has 4 heteroatoms. The molecule has 0 saturated heterocycles. The first kappa shape index (κ1) is 13.2. The van der Waals surface area contributed by atoms with E-state index in [1.807, 2.05) is 30.3 Å². The highest BCUT2D eigenvalue weighted by molar-refractivity contribution is 5.83. The van der Waals surface area contributed by atoms with Crippen molar-refractivity contribution < 1.29 is 14.7 Å². The molecule has 4 nitrogen and oxygen atoms in total. The summed E-state index contributed by atoms with van der Waals surface area (Å²) in [6.07, 6.45) is 1.34. The van der Waals surface area contributed by atoms with E-state index in [-0.39, 0.29) is 5.91 Å². The van der Waals surface area contributed by atoms with Crippen molar-refractivity contribution in [2.75, 3.05) is 0 Å². The van der Waals surface area contributed by atoms with Gasteiger partial charge in [0.1, 0.15) is 6.04 Å². The number of rotatable bonds is 6. The van der Waals surface area contributed by atoms with Crippen molar-refractivity contribution in [2.24, 2.45) is 0 Å². The Morgan fingerprint density at radius 3 is 2.47 bits per heavy atom. The topological polar surface area (TPSA) is 66.4 Å². The highest BCUT2D eigenvalue weighted by atomic mass is 16.4. The fourth-order valence-electron chi connectivity index (χ4n) is 1.51. The second kappa shape index (κ2) is 6.68. The lowest BCUT2D eigenvalue weighted by molar-refractivity contribution is -0.141. The van der Waals surface area contributed by atoms with Crippen molar-refractivity contribution in [1.82, 2.24) is 5.32 Å². The van der Waals surface area contributed by atoms with E-state index in [1.165, 1.54) is 0 Å². The van der Waals surface area contributed by atoms with Crippen LogP contribution >= 0.6 is 0 Å². The number of carbonyl (C=O) groups is 2. The normalized spacial score (nSPS) is 11.8. The van der Waals surface area contributed by atoms with Gasteiger partial charge in [-0.25, -0.2) is 4.79 Å². The monoisotopic (exact) mass is 235 g/mol. The lowest BCUT2D eigenvalue weighted by Crippen LogP contribution is -2.40. The van der Waals surface area contributed by atoms with E-state index in [4.69, 9.17) is 5.11 Å². The van der Waals surface area contributed by atoms with Gasteiger partial charge in [-0.3, -0.25) is 4.79 Å². The molecule has 0 radical (unpaired) electrons. The minimum atomic E-state index is -0.986. The number of carbonyl (C=O) groups excluding carboxylic acids is 1. The first-order chi connectivity index (χ1) is 8.13. The summed E-state index contributed by atoms with van der Waals surface area (Å²) in [5.74, 6) is -1.20. The third-order valence-corrected chi connectivity index (χ3v) is 2.53. The maximum absolute atomic E-state index is 11.5. The quantitative estimate of drug-likeness (QED) is 0.787. The smallest absolute Gasteiger partial charge is 0.326 e. The molecule has 0 aliphatic rings. The van der Waals surface area contributed by atoms with E-state index < -0.39 is 12.0 Å². The van der Waals surface area contributed by atoms with Crippen molar-refractivity contribution in [1.29, 1.82) is 0 Å². The number of benzene rings is 1. The number of amides is 1. The molecule has 1 aromatic carbocycles. The highest BCUT2D eigenvalue weighted by Crippen LogP contribution is 2.02. The summed E-state index contributed by atoms with van der Waals surface area (Å²) < 4.78 is 0. The lowest BCUT2D eigenvalue weighted by Gasteiger charge is -2.11. The van der Waals surface area contributed by atoms with Crippen molar-refractivity contribution in [3.05, 3.63) is 35.9 Å². The predicted octanol–water partition coefficient (Wildman–Crippen LogP) is 1.60. The number of aryl methyl sites for hydroxylation is 1. The molecule has 0 aliphatic heterocycles. The second-order valence-corrected chi connectivity index (χ2v) is 3.85. The Balaban J connectivity index is 2.37. The molecular formula is C13H17NO3. The van der Waals surface area contributed by atoms with Gasteiger partial charge in [0.15, 0.2) is 0 Å². The third kappa shape index (κ3) is 4.68. The standard InChI is InChI=1S/C13H17NO3/c1-2-11(13(16)17)14-12(15)9-8-10-6-4-3-5-7-10/h3-7,11H,2,8-9H2,1H3,(H,14,15)(H,16,17)/t11-/m1/s1. The number of hydrogen-bond acceptors (Lipinski definition) is 2. The zero-order chi connectivity index (χ0) is 12.7. The molecule has 1 aromatic rings. The lowest BCUT2D eigenvalue weighted by atomic mass is 10.1. The molecule has 0 fully saturated rings. The van der Waals surface area contributed by atoms with Gasteiger partial charge >= 0.3 is 5.97 Å². The van der Waals surface area contributed by atoms with Gasteiger partial charge in [0, 0.05) is 6.42 Å². The summed E-state index contributed by atoms with van der Waals surface area (Å²) in [6, 6.07) is 8.86. The van der Waals surface area contributed by atoms with Crippen LogP contribution in [0.4, 0.5) is 0 Å². The fourth-order valence-corrected chi connectivity index (χ4v) is 1.51. The number of nitrogens with one attached hydrogen (secondary N) is 1. The summed E-state index contributed by atoms with van der Waals surface area (Å²) in [6.45, 7) is 1.73. The van der Waals surface area contributed by atoms with E-state index in [1.54, 1.807) is 6.92 Å². The summed E-state index contributed by atoms with van der Waals surface area (Å²) in [4.78, 5) is 22.2. The van der Waals surface area contributed by atoms with Gasteiger partial charge in [-0.2, -0.15) is 0 Å². The van der Waals surface area contributed by atoms with Gasteiger partial charge in [-0.05, 0) is 18.4 Å². The van der Waals surface area contributed by atoms with Crippen molar-refractivity contribution >= 4 is 11.9 Å². The molecule has 0 spiro atoms. The maximum Gasteiger partial charge on any atom is 0.326 e. The van der Waals surface area contributed by atoms with Gasteiger partial charge in [0.05, 0.1) is 0 Å². The zero-order valence-corrected chi connectivity index (χ0v) is 9.85. The van der Waals surface area contributed by atoms with Crippen LogP contribution < -0.4 is 5.32 Å². The molecule has 0 bridgehead atoms. The predicted molar refractivity (Wildman–Crippen MR) is 64.6 cm³/mol. The first-order valence-corrected chi connectivity index (χ1v) is 5.69. The largest absolute Gasteiger partial charge is 0.480 e. The number of carboxylic acid groups (broad SMARTS) is 1. The van der Waals surface area contributed by atoms with Gasteiger partial charge in [-0.15, -0.1) is 0 Å². The minimum absolute atomic E-state index is 0.219. The Kier molecular flexibility index (Phi) is 5.20. The van der Waals surface area contributed by atoms with E-state index in [0.29, 0.717) is 19.3 Å². The van der Waals surface area contributed by atoms with Crippen LogP contribution in [0.25, 0.3) is 0 Å². The Bertz CT molecular complexity index is 376. The van der Waals surface area contributed by atoms with Crippen LogP contribution in [0, 0.1) is 0 Å². The minimum Gasteiger partial charge on any atom is -0.480 e. The number of carboxylic acids is 1. The summed E-state index contributed by atoms with van der Waals surface area (Å²) in [7, 11) is 0. The van der Waals surface area contributed by atoms with Gasteiger partial charge < -0.3 is 10.4 Å². The van der Waals surface area contributed by atoms with Crippen LogP contribution in [0.5, 0.6) is 0 Å². The molecule has 17 heavy (non-hydrogen) atoms. The van der Waals surface area contributed by atoms with Crippen LogP contribution in [0.1, 0.15) is 25.3 Å². The average Bonchev–Trinajstić information content (AvgIpc) is 2.34. The van der Waals surface area contributed by atoms with Crippen molar-refractivity contribution in [3.8, 4) is 0 Å². The molecular weight excluding hydrogens is 218 g/mol. The van der Waals surface area contributed by atoms with Crippen LogP contribution in [-0.4, -0.2) is 23.0 Å². The molecule has 0 heterocycles. The number of aliphatic carboxylic acids is 1. The molecule has 0 saturated carbocycles. The first-order valence-electron chi connectivity index (χ1n) is 5.69. The maximum atomic E-state index is 11.5. The Hall–Kier alpha value is -1.84. The summed E-state index contributed by atoms with van der Waals surface area (Å²) in [5.41, 5.74) is 1.08. The van der Waals surface area contributed by atoms with Gasteiger partial charge in [-0.1, -0.05) is 37.3 Å². The van der Waals surface area contributed by atoms with Crippen LogP contribution in [0.2, 0.25) is 0 Å². The number of hydrogen-bond donors (Lipinski definition) is 2. The van der Waals surface area contributed by atoms with E-state index in [2.05, 4.69) is 5.32 Å². The highest BCUT2D eigenvalue weighted by Gasteiger charge is 2.16. The van der Waals surface area contributed by atoms with Gasteiger partial charge in [0.2, 0.25) is 5.91 Å². The van der Waals surface area contributed by atoms with Crippen LogP contribution in [0.15, 0.2) is 30.3 Å². The van der Waals surface area contributed by atoms with Crippen LogP contribution in [0.3, 0.4) is 0 Å². The van der Waals surface area contributed by atoms with Gasteiger partial charge in [0.25, 0.3) is 0 Å². The van der Waals surface area contributed by atoms with E-state index >= 15 is 0 Å². The molecule has 1 amide bonds. The Labute approximate surface area is 101 Å². The molecule has 1 atom stereocenters. The summed E-state index contributed by atoms with van der Waals surface area (Å²) in [5, 5.41) is 11.3. The molecule has 0 unspecified atom stereocenters. The average molecular weight is 235 g/mol. The Morgan fingerprint density at radius 1 is 1.29 bits per heavy atom. The van der Waals surface area contributed by atoms with Crippen molar-refractivity contribution in [2.45, 2.75) is 32.2 Å². The molecule has 2 N–H and O–H groups in total. The summed E-state index contributed by atoms with van der Waals surface area (Å²) >= 11 is 0. The molecule has 92 valence electrons. The SMILES string of the molecule is CC[C@@H](NC(=O)CCc1ccccc1)C(=O)O. The van der Waals surface area contributed by atoms with Crippen molar-refractivity contribution in [3.63, 3.8) is 0 Å². The zero-order valence-electron chi connectivity index (χ0n) is 9.85. The van der Waals surface area contributed by atoms with E-state index in [9.17, 15) is 9.59 Å².